The first-order valence-electron chi connectivity index (χ1n) is 6.50. The van der Waals surface area contributed by atoms with Gasteiger partial charge in [-0.2, -0.15) is 5.26 Å². The van der Waals surface area contributed by atoms with E-state index in [4.69, 9.17) is 0 Å². The Labute approximate surface area is 117 Å². The number of nitrogens with zero attached hydrogens (tertiary/aromatic N) is 2. The molecule has 1 aromatic heterocycles. The van der Waals surface area contributed by atoms with Gasteiger partial charge in [0.1, 0.15) is 10.4 Å². The van der Waals surface area contributed by atoms with E-state index in [-0.39, 0.29) is 5.41 Å². The number of aromatic nitrogens is 1. The zero-order valence-electron chi connectivity index (χ0n) is 11.5. The number of nitriles is 1. The van der Waals surface area contributed by atoms with Gasteiger partial charge in [-0.15, -0.1) is 11.3 Å². The van der Waals surface area contributed by atoms with Crippen molar-refractivity contribution in [3.8, 4) is 6.07 Å². The highest BCUT2D eigenvalue weighted by Crippen LogP contribution is 2.59. The van der Waals surface area contributed by atoms with Crippen molar-refractivity contribution < 1.29 is 9.53 Å². The summed E-state index contributed by atoms with van der Waals surface area (Å²) >= 11 is 1.39. The van der Waals surface area contributed by atoms with Crippen LogP contribution in [0.4, 0.5) is 0 Å². The molecule has 1 saturated carbocycles. The number of rotatable bonds is 4. The highest BCUT2D eigenvalue weighted by Gasteiger charge is 2.55. The van der Waals surface area contributed by atoms with E-state index in [1.165, 1.54) is 18.4 Å². The van der Waals surface area contributed by atoms with Gasteiger partial charge in [-0.3, -0.25) is 0 Å². The second kappa shape index (κ2) is 4.93. The summed E-state index contributed by atoms with van der Waals surface area (Å²) in [5, 5.41) is 12.0. The first kappa shape index (κ1) is 14.0. The SMILES string of the molecule is CCC1(CC)CC(C#N)(c2nc(C(=O)OC)cs2)C1. The molecule has 0 amide bonds. The molecule has 1 aliphatic rings. The molecule has 5 heteroatoms. The summed E-state index contributed by atoms with van der Waals surface area (Å²) in [6.45, 7) is 4.35. The number of ether oxygens (including phenoxy) is 1. The summed E-state index contributed by atoms with van der Waals surface area (Å²) < 4.78 is 4.65. The van der Waals surface area contributed by atoms with Gasteiger partial charge in [0.25, 0.3) is 0 Å². The largest absolute Gasteiger partial charge is 0.464 e. The molecule has 19 heavy (non-hydrogen) atoms. The molecule has 102 valence electrons. The van der Waals surface area contributed by atoms with E-state index < -0.39 is 11.4 Å². The van der Waals surface area contributed by atoms with Crippen LogP contribution in [-0.4, -0.2) is 18.1 Å². The van der Waals surface area contributed by atoms with Crippen LogP contribution in [0.15, 0.2) is 5.38 Å². The molecule has 1 aliphatic carbocycles. The molecule has 4 nitrogen and oxygen atoms in total. The van der Waals surface area contributed by atoms with Crippen LogP contribution >= 0.6 is 11.3 Å². The highest BCUT2D eigenvalue weighted by molar-refractivity contribution is 7.10. The Kier molecular flexibility index (Phi) is 3.64. The molecule has 0 aliphatic heterocycles. The van der Waals surface area contributed by atoms with Crippen LogP contribution in [0.25, 0.3) is 0 Å². The summed E-state index contributed by atoms with van der Waals surface area (Å²) in [5.74, 6) is -0.438. The average Bonchev–Trinajstić information content (AvgIpc) is 2.89. The Bertz CT molecular complexity index is 518. The van der Waals surface area contributed by atoms with Crippen LogP contribution in [0.2, 0.25) is 0 Å². The molecule has 2 rings (SSSR count). The van der Waals surface area contributed by atoms with Gasteiger partial charge in [0.2, 0.25) is 0 Å². The van der Waals surface area contributed by atoms with Crippen molar-refractivity contribution in [1.29, 1.82) is 5.26 Å². The van der Waals surface area contributed by atoms with Gasteiger partial charge in [-0.1, -0.05) is 26.7 Å². The van der Waals surface area contributed by atoms with Crippen molar-refractivity contribution in [3.05, 3.63) is 16.1 Å². The van der Waals surface area contributed by atoms with Crippen molar-refractivity contribution >= 4 is 17.3 Å². The second-order valence-electron chi connectivity index (χ2n) is 5.28. The summed E-state index contributed by atoms with van der Waals surface area (Å²) in [6.07, 6.45) is 3.86. The highest BCUT2D eigenvalue weighted by atomic mass is 32.1. The number of esters is 1. The van der Waals surface area contributed by atoms with E-state index in [1.54, 1.807) is 5.38 Å². The first-order valence-corrected chi connectivity index (χ1v) is 7.38. The maximum Gasteiger partial charge on any atom is 0.357 e. The molecule has 0 N–H and O–H groups in total. The third kappa shape index (κ3) is 2.14. The quantitative estimate of drug-likeness (QED) is 0.793. The summed E-state index contributed by atoms with van der Waals surface area (Å²) in [7, 11) is 1.34. The van der Waals surface area contributed by atoms with E-state index in [9.17, 15) is 10.1 Å². The number of carbonyl (C=O) groups excluding carboxylic acids is 1. The molecule has 0 bridgehead atoms. The summed E-state index contributed by atoms with van der Waals surface area (Å²) in [6, 6.07) is 2.42. The molecule has 0 unspecified atom stereocenters. The van der Waals surface area contributed by atoms with Crippen LogP contribution in [0.1, 0.15) is 55.0 Å². The zero-order chi connectivity index (χ0) is 14.1. The zero-order valence-corrected chi connectivity index (χ0v) is 12.3. The maximum atomic E-state index is 11.4. The van der Waals surface area contributed by atoms with Crippen LogP contribution < -0.4 is 0 Å². The van der Waals surface area contributed by atoms with Crippen molar-refractivity contribution in [2.75, 3.05) is 7.11 Å². The first-order chi connectivity index (χ1) is 9.04. The number of hydrogen-bond donors (Lipinski definition) is 0. The number of methoxy groups -OCH3 is 1. The minimum Gasteiger partial charge on any atom is -0.464 e. The third-order valence-electron chi connectivity index (χ3n) is 4.38. The van der Waals surface area contributed by atoms with Crippen molar-refractivity contribution in [3.63, 3.8) is 0 Å². The van der Waals surface area contributed by atoms with Gasteiger partial charge in [0.05, 0.1) is 13.2 Å². The number of carbonyl (C=O) groups is 1. The van der Waals surface area contributed by atoms with Crippen LogP contribution in [0.5, 0.6) is 0 Å². The Hall–Kier alpha value is -1.41. The molecule has 0 atom stereocenters. The molecule has 0 aromatic carbocycles. The summed E-state index contributed by atoms with van der Waals surface area (Å²) in [4.78, 5) is 15.7. The van der Waals surface area contributed by atoms with E-state index in [2.05, 4.69) is 29.6 Å². The van der Waals surface area contributed by atoms with E-state index in [0.717, 1.165) is 30.7 Å². The fourth-order valence-corrected chi connectivity index (χ4v) is 3.89. The van der Waals surface area contributed by atoms with Crippen molar-refractivity contribution in [2.24, 2.45) is 5.41 Å². The Balaban J connectivity index is 2.24. The molecule has 1 fully saturated rings. The van der Waals surface area contributed by atoms with Gasteiger partial charge in [0, 0.05) is 5.38 Å². The van der Waals surface area contributed by atoms with E-state index in [0.29, 0.717) is 5.69 Å². The van der Waals surface area contributed by atoms with Crippen molar-refractivity contribution in [2.45, 2.75) is 44.9 Å². The fraction of sp³-hybridized carbons (Fsp3) is 0.643. The monoisotopic (exact) mass is 278 g/mol. The average molecular weight is 278 g/mol. The van der Waals surface area contributed by atoms with Crippen LogP contribution in [0, 0.1) is 16.7 Å². The van der Waals surface area contributed by atoms with E-state index >= 15 is 0 Å². The topological polar surface area (TPSA) is 63.0 Å². The van der Waals surface area contributed by atoms with Crippen molar-refractivity contribution in [1.82, 2.24) is 4.98 Å². The predicted molar refractivity (Wildman–Crippen MR) is 73.0 cm³/mol. The van der Waals surface area contributed by atoms with Gasteiger partial charge in [-0.25, -0.2) is 9.78 Å². The second-order valence-corrected chi connectivity index (χ2v) is 6.14. The lowest BCUT2D eigenvalue weighted by Crippen LogP contribution is -2.48. The molecule has 0 radical (unpaired) electrons. The van der Waals surface area contributed by atoms with Crippen LogP contribution in [0.3, 0.4) is 0 Å². The van der Waals surface area contributed by atoms with Gasteiger partial charge in [-0.05, 0) is 18.3 Å². The molecule has 1 heterocycles. The van der Waals surface area contributed by atoms with Gasteiger partial charge >= 0.3 is 5.97 Å². The lowest BCUT2D eigenvalue weighted by molar-refractivity contribution is 0.0473. The van der Waals surface area contributed by atoms with Gasteiger partial charge in [0.15, 0.2) is 5.69 Å². The lowest BCUT2D eigenvalue weighted by atomic mass is 9.51. The summed E-state index contributed by atoms with van der Waals surface area (Å²) in [5.41, 5.74) is 0.0816. The third-order valence-corrected chi connectivity index (χ3v) is 5.42. The Morgan fingerprint density at radius 2 is 2.16 bits per heavy atom. The molecule has 1 aromatic rings. The van der Waals surface area contributed by atoms with E-state index in [1.807, 2.05) is 0 Å². The smallest absolute Gasteiger partial charge is 0.357 e. The molecule has 0 saturated heterocycles. The normalized spacial score (nSPS) is 19.3. The number of hydrogen-bond acceptors (Lipinski definition) is 5. The van der Waals surface area contributed by atoms with Gasteiger partial charge < -0.3 is 4.74 Å². The maximum absolute atomic E-state index is 11.4. The molecule has 0 spiro atoms. The fourth-order valence-electron chi connectivity index (χ4n) is 2.95. The standard InChI is InChI=1S/C14H18N2O2S/c1-4-13(5-2)7-14(8-13,9-15)12-16-10(6-19-12)11(17)18-3/h6H,4-5,7-8H2,1-3H3. The number of thiazole rings is 1. The molecular formula is C14H18N2O2S. The minimum absolute atomic E-state index is 0.271. The Morgan fingerprint density at radius 3 is 2.63 bits per heavy atom. The molecular weight excluding hydrogens is 260 g/mol. The minimum atomic E-state index is -0.497. The van der Waals surface area contributed by atoms with Crippen LogP contribution in [-0.2, 0) is 10.2 Å². The lowest BCUT2D eigenvalue weighted by Gasteiger charge is -2.51. The predicted octanol–water partition coefficient (Wildman–Crippen LogP) is 3.29. The Morgan fingerprint density at radius 1 is 1.53 bits per heavy atom.